The van der Waals surface area contributed by atoms with Crippen LogP contribution in [-0.2, 0) is 5.54 Å². The molecular weight excluding hydrogens is 314 g/mol. The molecule has 0 heterocycles. The second-order valence-corrected chi connectivity index (χ2v) is 6.18. The Morgan fingerprint density at radius 1 is 1.05 bits per heavy atom. The number of hydrogen-bond donors (Lipinski definition) is 1. The van der Waals surface area contributed by atoms with Crippen molar-refractivity contribution in [2.24, 2.45) is 0 Å². The number of halogens is 1. The average Bonchev–Trinajstić information content (AvgIpc) is 2.43. The second-order valence-electron chi connectivity index (χ2n) is 5.27. The van der Waals surface area contributed by atoms with Crippen LogP contribution in [0.15, 0.2) is 59.1 Å². The van der Waals surface area contributed by atoms with Crippen LogP contribution in [0.25, 0.3) is 0 Å². The Balaban J connectivity index is 1.84. The van der Waals surface area contributed by atoms with Crippen molar-refractivity contribution in [3.63, 3.8) is 0 Å². The molecule has 102 valence electrons. The molecule has 0 spiro atoms. The van der Waals surface area contributed by atoms with Gasteiger partial charge in [-0.2, -0.15) is 0 Å². The fraction of sp³-hybridized carbons (Fsp3) is 0.235. The lowest BCUT2D eigenvalue weighted by Gasteiger charge is -2.43. The quantitative estimate of drug-likeness (QED) is 0.895. The number of hydrogen-bond acceptors (Lipinski definition) is 1. The van der Waals surface area contributed by atoms with Gasteiger partial charge >= 0.3 is 0 Å². The number of amides is 1. The van der Waals surface area contributed by atoms with Crippen LogP contribution in [-0.4, -0.2) is 5.91 Å². The fourth-order valence-corrected chi connectivity index (χ4v) is 3.09. The molecule has 0 radical (unpaired) electrons. The Morgan fingerprint density at radius 2 is 1.80 bits per heavy atom. The summed E-state index contributed by atoms with van der Waals surface area (Å²) in [4.78, 5) is 12.4. The number of benzene rings is 2. The van der Waals surface area contributed by atoms with Gasteiger partial charge in [-0.25, -0.2) is 0 Å². The van der Waals surface area contributed by atoms with Gasteiger partial charge in [-0.05, 0) is 43.0 Å². The fourth-order valence-electron chi connectivity index (χ4n) is 2.69. The molecule has 0 aliphatic heterocycles. The third kappa shape index (κ3) is 2.50. The van der Waals surface area contributed by atoms with Crippen LogP contribution in [0.2, 0.25) is 0 Å². The van der Waals surface area contributed by atoms with Crippen LogP contribution in [0, 0.1) is 0 Å². The van der Waals surface area contributed by atoms with Crippen LogP contribution < -0.4 is 5.32 Å². The first-order valence-corrected chi connectivity index (χ1v) is 7.63. The first-order valence-electron chi connectivity index (χ1n) is 6.83. The zero-order valence-corrected chi connectivity index (χ0v) is 12.7. The van der Waals surface area contributed by atoms with E-state index in [0.717, 1.165) is 23.7 Å². The first kappa shape index (κ1) is 13.4. The molecule has 1 saturated carbocycles. The summed E-state index contributed by atoms with van der Waals surface area (Å²) in [5.74, 6) is -0.00477. The maximum Gasteiger partial charge on any atom is 0.252 e. The summed E-state index contributed by atoms with van der Waals surface area (Å²) in [6.07, 6.45) is 3.18. The number of rotatable bonds is 3. The largest absolute Gasteiger partial charge is 0.343 e. The average molecular weight is 330 g/mol. The van der Waals surface area contributed by atoms with Gasteiger partial charge in [0.2, 0.25) is 0 Å². The Morgan fingerprint density at radius 3 is 2.40 bits per heavy atom. The van der Waals surface area contributed by atoms with E-state index in [1.807, 2.05) is 42.5 Å². The van der Waals surface area contributed by atoms with Crippen LogP contribution in [0.5, 0.6) is 0 Å². The molecule has 3 heteroatoms. The molecule has 1 fully saturated rings. The summed E-state index contributed by atoms with van der Waals surface area (Å²) >= 11 is 3.41. The van der Waals surface area contributed by atoms with Crippen molar-refractivity contribution < 1.29 is 4.79 Å². The molecule has 3 rings (SSSR count). The maximum atomic E-state index is 12.4. The van der Waals surface area contributed by atoms with Crippen LogP contribution in [0.3, 0.4) is 0 Å². The van der Waals surface area contributed by atoms with E-state index in [-0.39, 0.29) is 11.4 Å². The summed E-state index contributed by atoms with van der Waals surface area (Å²) in [5, 5.41) is 3.23. The van der Waals surface area contributed by atoms with E-state index in [0.29, 0.717) is 5.56 Å². The van der Waals surface area contributed by atoms with Gasteiger partial charge in [-0.15, -0.1) is 0 Å². The van der Waals surface area contributed by atoms with Crippen molar-refractivity contribution in [2.75, 3.05) is 0 Å². The monoisotopic (exact) mass is 329 g/mol. The molecule has 1 aliphatic rings. The molecule has 20 heavy (non-hydrogen) atoms. The predicted molar refractivity (Wildman–Crippen MR) is 83.6 cm³/mol. The van der Waals surface area contributed by atoms with E-state index in [1.54, 1.807) is 0 Å². The van der Waals surface area contributed by atoms with E-state index in [2.05, 4.69) is 33.4 Å². The van der Waals surface area contributed by atoms with Gasteiger partial charge < -0.3 is 5.32 Å². The molecule has 0 aromatic heterocycles. The Kier molecular flexibility index (Phi) is 3.62. The lowest BCUT2D eigenvalue weighted by Crippen LogP contribution is -2.50. The van der Waals surface area contributed by atoms with E-state index >= 15 is 0 Å². The van der Waals surface area contributed by atoms with Crippen molar-refractivity contribution in [1.82, 2.24) is 5.32 Å². The summed E-state index contributed by atoms with van der Waals surface area (Å²) < 4.78 is 0.924. The summed E-state index contributed by atoms with van der Waals surface area (Å²) in [5.41, 5.74) is 1.72. The molecule has 2 aromatic carbocycles. The molecule has 2 aromatic rings. The molecule has 0 bridgehead atoms. The molecule has 2 nitrogen and oxygen atoms in total. The lowest BCUT2D eigenvalue weighted by atomic mass is 9.71. The highest BCUT2D eigenvalue weighted by Gasteiger charge is 2.39. The minimum Gasteiger partial charge on any atom is -0.343 e. The first-order chi connectivity index (χ1) is 9.70. The molecule has 1 N–H and O–H groups in total. The maximum absolute atomic E-state index is 12.4. The zero-order chi connectivity index (χ0) is 14.0. The van der Waals surface area contributed by atoms with E-state index in [4.69, 9.17) is 0 Å². The van der Waals surface area contributed by atoms with Crippen molar-refractivity contribution in [1.29, 1.82) is 0 Å². The lowest BCUT2D eigenvalue weighted by molar-refractivity contribution is 0.0823. The van der Waals surface area contributed by atoms with Gasteiger partial charge in [0.25, 0.3) is 5.91 Å². The smallest absolute Gasteiger partial charge is 0.252 e. The highest BCUT2D eigenvalue weighted by Crippen LogP contribution is 2.41. The molecule has 0 saturated heterocycles. The highest BCUT2D eigenvalue weighted by atomic mass is 79.9. The molecule has 0 atom stereocenters. The van der Waals surface area contributed by atoms with Gasteiger partial charge in [0.1, 0.15) is 0 Å². The zero-order valence-electron chi connectivity index (χ0n) is 11.1. The van der Waals surface area contributed by atoms with Crippen molar-refractivity contribution in [2.45, 2.75) is 24.8 Å². The van der Waals surface area contributed by atoms with Gasteiger partial charge in [-0.1, -0.05) is 52.3 Å². The molecule has 1 amide bonds. The van der Waals surface area contributed by atoms with Crippen molar-refractivity contribution >= 4 is 21.8 Å². The van der Waals surface area contributed by atoms with Crippen molar-refractivity contribution in [3.05, 3.63) is 70.2 Å². The second kappa shape index (κ2) is 5.41. The summed E-state index contributed by atoms with van der Waals surface area (Å²) in [7, 11) is 0. The van der Waals surface area contributed by atoms with Gasteiger partial charge in [-0.3, -0.25) is 4.79 Å². The Hall–Kier alpha value is -1.61. The van der Waals surface area contributed by atoms with Gasteiger partial charge in [0.15, 0.2) is 0 Å². The van der Waals surface area contributed by atoms with Crippen LogP contribution in [0.1, 0.15) is 35.2 Å². The third-order valence-corrected chi connectivity index (χ3v) is 4.47. The highest BCUT2D eigenvalue weighted by molar-refractivity contribution is 9.10. The number of nitrogens with one attached hydrogen (secondary N) is 1. The Labute approximate surface area is 127 Å². The minimum absolute atomic E-state index is 0.00477. The standard InChI is InChI=1S/C17H16BrNO/c18-15-9-4-6-13(12-15)16(20)19-17(10-5-11-17)14-7-2-1-3-8-14/h1-4,6-9,12H,5,10-11H2,(H,19,20). The molecular formula is C17H16BrNO. The van der Waals surface area contributed by atoms with E-state index < -0.39 is 0 Å². The van der Waals surface area contributed by atoms with Gasteiger partial charge in [0, 0.05) is 10.0 Å². The van der Waals surface area contributed by atoms with Crippen LogP contribution >= 0.6 is 15.9 Å². The Bertz CT molecular complexity index is 620. The topological polar surface area (TPSA) is 29.1 Å². The van der Waals surface area contributed by atoms with E-state index in [9.17, 15) is 4.79 Å². The molecule has 1 aliphatic carbocycles. The summed E-state index contributed by atoms with van der Waals surface area (Å²) in [6, 6.07) is 17.8. The minimum atomic E-state index is -0.180. The number of carbonyl (C=O) groups excluding carboxylic acids is 1. The molecule has 0 unspecified atom stereocenters. The third-order valence-electron chi connectivity index (χ3n) is 3.97. The van der Waals surface area contributed by atoms with Crippen LogP contribution in [0.4, 0.5) is 0 Å². The number of carbonyl (C=O) groups is 1. The normalized spacial score (nSPS) is 16.2. The predicted octanol–water partition coefficient (Wildman–Crippen LogP) is 4.26. The van der Waals surface area contributed by atoms with Gasteiger partial charge in [0.05, 0.1) is 5.54 Å². The van der Waals surface area contributed by atoms with E-state index in [1.165, 1.54) is 5.56 Å². The van der Waals surface area contributed by atoms with Crippen molar-refractivity contribution in [3.8, 4) is 0 Å². The summed E-state index contributed by atoms with van der Waals surface area (Å²) in [6.45, 7) is 0. The SMILES string of the molecule is O=C(NC1(c2ccccc2)CCC1)c1cccc(Br)c1.